The van der Waals surface area contributed by atoms with Crippen LogP contribution in [0.3, 0.4) is 0 Å². The Morgan fingerprint density at radius 1 is 1.41 bits per heavy atom. The molecule has 0 bridgehead atoms. The van der Waals surface area contributed by atoms with Gasteiger partial charge in [0.2, 0.25) is 5.91 Å². The number of carbonyl (C=O) groups is 1. The van der Waals surface area contributed by atoms with Crippen LogP contribution >= 0.6 is 28.3 Å². The van der Waals surface area contributed by atoms with Crippen LogP contribution in [-0.4, -0.2) is 25.1 Å². The van der Waals surface area contributed by atoms with Crippen molar-refractivity contribution < 1.29 is 9.53 Å². The number of hydrogen-bond donors (Lipinski definition) is 2. The number of ether oxygens (including phenoxy) is 1. The zero-order chi connectivity index (χ0) is 15.2. The summed E-state index contributed by atoms with van der Waals surface area (Å²) in [5.41, 5.74) is 5.72. The molecule has 1 aromatic rings. The van der Waals surface area contributed by atoms with E-state index in [0.29, 0.717) is 19.0 Å². The van der Waals surface area contributed by atoms with Crippen molar-refractivity contribution in [1.29, 1.82) is 0 Å². The summed E-state index contributed by atoms with van der Waals surface area (Å²) in [6.45, 7) is 3.07. The number of benzene rings is 1. The quantitative estimate of drug-likeness (QED) is 0.783. The highest BCUT2D eigenvalue weighted by molar-refractivity contribution is 9.10. The van der Waals surface area contributed by atoms with Crippen molar-refractivity contribution in [2.45, 2.75) is 32.3 Å². The lowest BCUT2D eigenvalue weighted by atomic mass is 9.95. The molecule has 1 saturated carbocycles. The van der Waals surface area contributed by atoms with Gasteiger partial charge in [-0.15, -0.1) is 12.4 Å². The van der Waals surface area contributed by atoms with Crippen LogP contribution in [0, 0.1) is 11.8 Å². The van der Waals surface area contributed by atoms with Gasteiger partial charge in [0.15, 0.2) is 0 Å². The first-order chi connectivity index (χ1) is 10.1. The Balaban J connectivity index is 0.00000242. The molecule has 4 nitrogen and oxygen atoms in total. The maximum absolute atomic E-state index is 12.2. The van der Waals surface area contributed by atoms with Gasteiger partial charge in [-0.3, -0.25) is 4.79 Å². The normalized spacial score (nSPS) is 21.8. The standard InChI is InChI=1S/C16H23BrN2O2.ClH/c1-11(21-14-7-5-13(17)6-8-14)10-19-16(20)15-4-2-3-12(15)9-18;/h5-8,11-12,15H,2-4,9-10,18H2,1H3,(H,19,20);1H/t11?,12-,15-;/m1./s1. The molecule has 0 aliphatic heterocycles. The van der Waals surface area contributed by atoms with E-state index in [0.717, 1.165) is 29.5 Å². The van der Waals surface area contributed by atoms with Crippen molar-refractivity contribution in [3.05, 3.63) is 28.7 Å². The second-order valence-corrected chi connectivity index (χ2v) is 6.58. The molecule has 22 heavy (non-hydrogen) atoms. The van der Waals surface area contributed by atoms with Crippen LogP contribution in [0.25, 0.3) is 0 Å². The van der Waals surface area contributed by atoms with Crippen molar-refractivity contribution in [1.82, 2.24) is 5.32 Å². The topological polar surface area (TPSA) is 64.4 Å². The summed E-state index contributed by atoms with van der Waals surface area (Å²) >= 11 is 3.39. The Morgan fingerprint density at radius 3 is 2.73 bits per heavy atom. The van der Waals surface area contributed by atoms with Gasteiger partial charge in [-0.25, -0.2) is 0 Å². The fraction of sp³-hybridized carbons (Fsp3) is 0.562. The number of nitrogens with two attached hydrogens (primary N) is 1. The highest BCUT2D eigenvalue weighted by Gasteiger charge is 2.31. The van der Waals surface area contributed by atoms with Crippen LogP contribution in [0.5, 0.6) is 5.75 Å². The second kappa shape index (κ2) is 9.38. The molecule has 3 atom stereocenters. The summed E-state index contributed by atoms with van der Waals surface area (Å²) in [7, 11) is 0. The van der Waals surface area contributed by atoms with Gasteiger partial charge in [0.05, 0.1) is 6.54 Å². The molecular weight excluding hydrogens is 368 g/mol. The van der Waals surface area contributed by atoms with Gasteiger partial charge in [0.1, 0.15) is 11.9 Å². The Kier molecular flexibility index (Phi) is 8.21. The van der Waals surface area contributed by atoms with E-state index >= 15 is 0 Å². The van der Waals surface area contributed by atoms with E-state index < -0.39 is 0 Å². The van der Waals surface area contributed by atoms with Crippen LogP contribution in [0.15, 0.2) is 28.7 Å². The van der Waals surface area contributed by atoms with Crippen LogP contribution in [0.2, 0.25) is 0 Å². The van der Waals surface area contributed by atoms with Crippen molar-refractivity contribution in [3.63, 3.8) is 0 Å². The Morgan fingerprint density at radius 2 is 2.09 bits per heavy atom. The lowest BCUT2D eigenvalue weighted by Gasteiger charge is -2.20. The van der Waals surface area contributed by atoms with Gasteiger partial charge in [-0.05, 0) is 56.5 Å². The third-order valence-corrected chi connectivity index (χ3v) is 4.54. The van der Waals surface area contributed by atoms with Crippen LogP contribution in [0.4, 0.5) is 0 Å². The first-order valence-corrected chi connectivity index (χ1v) is 8.29. The van der Waals surface area contributed by atoms with E-state index in [1.807, 2.05) is 31.2 Å². The smallest absolute Gasteiger partial charge is 0.223 e. The molecule has 1 amide bonds. The monoisotopic (exact) mass is 390 g/mol. The average Bonchev–Trinajstić information content (AvgIpc) is 2.96. The SMILES string of the molecule is CC(CNC(=O)[C@@H]1CCC[C@@H]1CN)Oc1ccc(Br)cc1.Cl. The minimum Gasteiger partial charge on any atom is -0.489 e. The zero-order valence-corrected chi connectivity index (χ0v) is 15.2. The highest BCUT2D eigenvalue weighted by atomic mass is 79.9. The Hall–Kier alpha value is -0.780. The number of rotatable bonds is 6. The van der Waals surface area contributed by atoms with Gasteiger partial charge < -0.3 is 15.8 Å². The third-order valence-electron chi connectivity index (χ3n) is 4.01. The average molecular weight is 392 g/mol. The number of hydrogen-bond acceptors (Lipinski definition) is 3. The molecule has 1 unspecified atom stereocenters. The molecule has 0 radical (unpaired) electrons. The van der Waals surface area contributed by atoms with Crippen LogP contribution in [-0.2, 0) is 4.79 Å². The minimum atomic E-state index is -0.0622. The molecule has 1 aliphatic rings. The van der Waals surface area contributed by atoms with Crippen molar-refractivity contribution >= 4 is 34.2 Å². The maximum atomic E-state index is 12.2. The Bertz CT molecular complexity index is 470. The number of amides is 1. The second-order valence-electron chi connectivity index (χ2n) is 5.66. The first kappa shape index (κ1) is 19.3. The largest absolute Gasteiger partial charge is 0.489 e. The molecule has 1 aromatic carbocycles. The van der Waals surface area contributed by atoms with E-state index in [1.165, 1.54) is 0 Å². The number of halogens is 2. The predicted molar refractivity (Wildman–Crippen MR) is 94.4 cm³/mol. The van der Waals surface area contributed by atoms with Gasteiger partial charge in [0, 0.05) is 10.4 Å². The molecule has 0 spiro atoms. The molecule has 0 heterocycles. The number of nitrogens with one attached hydrogen (secondary N) is 1. The highest BCUT2D eigenvalue weighted by Crippen LogP contribution is 2.30. The van der Waals surface area contributed by atoms with E-state index in [9.17, 15) is 4.79 Å². The Labute approximate surface area is 146 Å². The fourth-order valence-corrected chi connectivity index (χ4v) is 3.09. The molecule has 3 N–H and O–H groups in total. The van der Waals surface area contributed by atoms with Gasteiger partial charge in [-0.2, -0.15) is 0 Å². The van der Waals surface area contributed by atoms with Crippen molar-refractivity contribution in [3.8, 4) is 5.75 Å². The molecule has 124 valence electrons. The lowest BCUT2D eigenvalue weighted by Crippen LogP contribution is -2.39. The van der Waals surface area contributed by atoms with Crippen molar-refractivity contribution in [2.24, 2.45) is 17.6 Å². The van der Waals surface area contributed by atoms with Crippen LogP contribution < -0.4 is 15.8 Å². The third kappa shape index (κ3) is 5.45. The zero-order valence-electron chi connectivity index (χ0n) is 12.8. The predicted octanol–water partition coefficient (Wildman–Crippen LogP) is 3.13. The summed E-state index contributed by atoms with van der Waals surface area (Å²) < 4.78 is 6.79. The molecule has 6 heteroatoms. The molecule has 1 aliphatic carbocycles. The van der Waals surface area contributed by atoms with Gasteiger partial charge in [-0.1, -0.05) is 22.4 Å². The van der Waals surface area contributed by atoms with Gasteiger partial charge >= 0.3 is 0 Å². The maximum Gasteiger partial charge on any atom is 0.223 e. The van der Waals surface area contributed by atoms with Gasteiger partial charge in [0.25, 0.3) is 0 Å². The molecular formula is C16H24BrClN2O2. The van der Waals surface area contributed by atoms with Crippen LogP contribution in [0.1, 0.15) is 26.2 Å². The summed E-state index contributed by atoms with van der Waals surface area (Å²) in [6, 6.07) is 7.68. The minimum absolute atomic E-state index is 0. The number of carbonyl (C=O) groups excluding carboxylic acids is 1. The summed E-state index contributed by atoms with van der Waals surface area (Å²) in [4.78, 5) is 12.2. The van der Waals surface area contributed by atoms with E-state index in [2.05, 4.69) is 21.2 Å². The first-order valence-electron chi connectivity index (χ1n) is 7.50. The van der Waals surface area contributed by atoms with Crippen molar-refractivity contribution in [2.75, 3.05) is 13.1 Å². The molecule has 2 rings (SSSR count). The van der Waals surface area contributed by atoms with E-state index in [-0.39, 0.29) is 30.3 Å². The summed E-state index contributed by atoms with van der Waals surface area (Å²) in [5.74, 6) is 1.34. The fourth-order valence-electron chi connectivity index (χ4n) is 2.83. The summed E-state index contributed by atoms with van der Waals surface area (Å²) in [6.07, 6.45) is 3.06. The molecule has 0 aromatic heterocycles. The summed E-state index contributed by atoms with van der Waals surface area (Å²) in [5, 5.41) is 2.99. The molecule has 1 fully saturated rings. The van der Waals surface area contributed by atoms with E-state index in [1.54, 1.807) is 0 Å². The lowest BCUT2D eigenvalue weighted by molar-refractivity contribution is -0.126. The molecule has 0 saturated heterocycles. The van der Waals surface area contributed by atoms with E-state index in [4.69, 9.17) is 10.5 Å².